The summed E-state index contributed by atoms with van der Waals surface area (Å²) in [5.41, 5.74) is 2.56. The average Bonchev–Trinajstić information content (AvgIpc) is 2.83. The van der Waals surface area contributed by atoms with Gasteiger partial charge in [-0.25, -0.2) is 4.79 Å². The topological polar surface area (TPSA) is 40.5 Å². The highest BCUT2D eigenvalue weighted by atomic mass is 35.5. The van der Waals surface area contributed by atoms with Crippen molar-refractivity contribution in [3.8, 4) is 0 Å². The van der Waals surface area contributed by atoms with E-state index < -0.39 is 5.97 Å². The Hall–Kier alpha value is -1.36. The van der Waals surface area contributed by atoms with Crippen LogP contribution in [-0.2, 0) is 19.5 Å². The van der Waals surface area contributed by atoms with E-state index in [1.807, 2.05) is 18.2 Å². The monoisotopic (exact) mass is 307 g/mol. The largest absolute Gasteiger partial charge is 0.478 e. The van der Waals surface area contributed by atoms with Crippen LogP contribution in [0.2, 0.25) is 4.34 Å². The lowest BCUT2D eigenvalue weighted by Gasteiger charge is -2.29. The first-order chi connectivity index (χ1) is 9.63. The van der Waals surface area contributed by atoms with E-state index in [9.17, 15) is 9.90 Å². The lowest BCUT2D eigenvalue weighted by Crippen LogP contribution is -2.30. The van der Waals surface area contributed by atoms with Crippen molar-refractivity contribution in [2.75, 3.05) is 6.54 Å². The van der Waals surface area contributed by atoms with E-state index in [-0.39, 0.29) is 0 Å². The molecule has 0 unspecified atom stereocenters. The maximum atomic E-state index is 11.2. The van der Waals surface area contributed by atoms with Gasteiger partial charge in [0.2, 0.25) is 0 Å². The lowest BCUT2D eigenvalue weighted by atomic mass is 9.94. The van der Waals surface area contributed by atoms with Crippen molar-refractivity contribution in [1.82, 2.24) is 4.90 Å². The smallest absolute Gasteiger partial charge is 0.335 e. The third kappa shape index (κ3) is 2.73. The maximum Gasteiger partial charge on any atom is 0.335 e. The van der Waals surface area contributed by atoms with Crippen LogP contribution in [0.4, 0.5) is 0 Å². The fourth-order valence-corrected chi connectivity index (χ4v) is 3.79. The molecular weight excluding hydrogens is 294 g/mol. The second kappa shape index (κ2) is 5.56. The molecular formula is C15H14ClNO2S. The molecule has 5 heteroatoms. The Balaban J connectivity index is 1.79. The number of aromatic carboxylic acids is 1. The van der Waals surface area contributed by atoms with Gasteiger partial charge in [0.25, 0.3) is 0 Å². The number of thiophene rings is 1. The van der Waals surface area contributed by atoms with Crippen LogP contribution in [0.15, 0.2) is 30.3 Å². The van der Waals surface area contributed by atoms with Gasteiger partial charge in [-0.3, -0.25) is 4.90 Å². The van der Waals surface area contributed by atoms with E-state index in [0.29, 0.717) is 5.56 Å². The fourth-order valence-electron chi connectivity index (χ4n) is 2.66. The Labute approximate surface area is 126 Å². The van der Waals surface area contributed by atoms with Gasteiger partial charge >= 0.3 is 5.97 Å². The molecule has 0 amide bonds. The van der Waals surface area contributed by atoms with Gasteiger partial charge in [-0.05, 0) is 35.7 Å². The molecule has 0 saturated carbocycles. The molecule has 0 fully saturated rings. The number of halogens is 1. The van der Waals surface area contributed by atoms with Crippen molar-refractivity contribution in [2.24, 2.45) is 0 Å². The fraction of sp³-hybridized carbons (Fsp3) is 0.267. The number of carbonyl (C=O) groups is 1. The van der Waals surface area contributed by atoms with Gasteiger partial charge in [0.1, 0.15) is 0 Å². The minimum absolute atomic E-state index is 0.446. The Morgan fingerprint density at radius 2 is 2.20 bits per heavy atom. The van der Waals surface area contributed by atoms with Crippen molar-refractivity contribution in [2.45, 2.75) is 19.5 Å². The minimum atomic E-state index is -0.833. The number of carboxylic acid groups (broad SMARTS) is 1. The predicted octanol–water partition coefficient (Wildman–Crippen LogP) is 3.66. The lowest BCUT2D eigenvalue weighted by molar-refractivity contribution is 0.0694. The van der Waals surface area contributed by atoms with Gasteiger partial charge in [-0.1, -0.05) is 23.7 Å². The summed E-state index contributed by atoms with van der Waals surface area (Å²) in [5, 5.41) is 9.22. The molecule has 0 aliphatic carbocycles. The molecule has 0 bridgehead atoms. The molecule has 1 aromatic heterocycles. The first kappa shape index (κ1) is 13.6. The molecule has 1 N–H and O–H groups in total. The van der Waals surface area contributed by atoms with Crippen LogP contribution in [0.25, 0.3) is 0 Å². The van der Waals surface area contributed by atoms with Crippen molar-refractivity contribution in [3.05, 3.63) is 56.2 Å². The van der Waals surface area contributed by atoms with E-state index in [0.717, 1.165) is 41.5 Å². The predicted molar refractivity (Wildman–Crippen MR) is 80.5 cm³/mol. The number of carboxylic acids is 1. The highest BCUT2D eigenvalue weighted by Gasteiger charge is 2.21. The van der Waals surface area contributed by atoms with Gasteiger partial charge in [-0.2, -0.15) is 0 Å². The molecule has 0 saturated heterocycles. The summed E-state index contributed by atoms with van der Waals surface area (Å²) < 4.78 is 0.811. The van der Waals surface area contributed by atoms with Crippen molar-refractivity contribution < 1.29 is 9.90 Å². The van der Waals surface area contributed by atoms with E-state index >= 15 is 0 Å². The Morgan fingerprint density at radius 1 is 1.35 bits per heavy atom. The van der Waals surface area contributed by atoms with Gasteiger partial charge in [0.15, 0.2) is 0 Å². The first-order valence-electron chi connectivity index (χ1n) is 6.44. The molecule has 104 valence electrons. The van der Waals surface area contributed by atoms with Gasteiger partial charge in [-0.15, -0.1) is 11.3 Å². The van der Waals surface area contributed by atoms with E-state index in [4.69, 9.17) is 11.6 Å². The molecule has 1 aromatic carbocycles. The van der Waals surface area contributed by atoms with Crippen LogP contribution >= 0.6 is 22.9 Å². The zero-order valence-corrected chi connectivity index (χ0v) is 12.4. The molecule has 0 atom stereocenters. The molecule has 1 aliphatic rings. The molecule has 20 heavy (non-hydrogen) atoms. The molecule has 3 nitrogen and oxygen atoms in total. The normalized spacial score (nSPS) is 15.1. The Kier molecular flexibility index (Phi) is 3.78. The van der Waals surface area contributed by atoms with Crippen molar-refractivity contribution >= 4 is 28.9 Å². The maximum absolute atomic E-state index is 11.2. The van der Waals surface area contributed by atoms with Gasteiger partial charge in [0.05, 0.1) is 9.90 Å². The quantitative estimate of drug-likeness (QED) is 0.941. The summed E-state index contributed by atoms with van der Waals surface area (Å²) in [5.74, 6) is -0.833. The first-order valence-corrected chi connectivity index (χ1v) is 7.63. The zero-order chi connectivity index (χ0) is 14.1. The molecule has 0 radical (unpaired) electrons. The highest BCUT2D eigenvalue weighted by molar-refractivity contribution is 7.16. The zero-order valence-electron chi connectivity index (χ0n) is 10.8. The number of benzene rings is 1. The number of hydrogen-bond donors (Lipinski definition) is 1. The van der Waals surface area contributed by atoms with E-state index in [1.165, 1.54) is 4.88 Å². The minimum Gasteiger partial charge on any atom is -0.478 e. The van der Waals surface area contributed by atoms with Crippen LogP contribution in [-0.4, -0.2) is 22.5 Å². The molecule has 0 spiro atoms. The van der Waals surface area contributed by atoms with Gasteiger partial charge < -0.3 is 5.11 Å². The van der Waals surface area contributed by atoms with Crippen molar-refractivity contribution in [1.29, 1.82) is 0 Å². The number of nitrogens with zero attached hydrogens (tertiary/aromatic N) is 1. The van der Waals surface area contributed by atoms with Gasteiger partial charge in [0, 0.05) is 24.5 Å². The van der Waals surface area contributed by atoms with Crippen LogP contribution < -0.4 is 0 Å². The second-order valence-electron chi connectivity index (χ2n) is 4.91. The Morgan fingerprint density at radius 3 is 2.90 bits per heavy atom. The third-order valence-corrected chi connectivity index (χ3v) is 4.80. The summed E-state index contributed by atoms with van der Waals surface area (Å²) in [7, 11) is 0. The number of fused-ring (bicyclic) bond motifs is 1. The van der Waals surface area contributed by atoms with Crippen LogP contribution in [0.3, 0.4) is 0 Å². The molecule has 2 heterocycles. The molecule has 2 aromatic rings. The third-order valence-electron chi connectivity index (χ3n) is 3.58. The van der Waals surface area contributed by atoms with Crippen LogP contribution in [0.1, 0.15) is 26.4 Å². The number of hydrogen-bond acceptors (Lipinski definition) is 3. The standard InChI is InChI=1S/C15H14ClNO2S/c16-14-5-4-11(20-14)9-17-7-6-12-10(8-17)2-1-3-13(12)15(18)19/h1-5H,6-9H2,(H,18,19). The van der Waals surface area contributed by atoms with E-state index in [2.05, 4.69) is 11.0 Å². The van der Waals surface area contributed by atoms with Crippen LogP contribution in [0.5, 0.6) is 0 Å². The van der Waals surface area contributed by atoms with Crippen molar-refractivity contribution in [3.63, 3.8) is 0 Å². The summed E-state index contributed by atoms with van der Waals surface area (Å²) in [6.45, 7) is 2.55. The van der Waals surface area contributed by atoms with E-state index in [1.54, 1.807) is 17.4 Å². The SMILES string of the molecule is O=C(O)c1cccc2c1CCN(Cc1ccc(Cl)s1)C2. The number of rotatable bonds is 3. The molecule has 1 aliphatic heterocycles. The summed E-state index contributed by atoms with van der Waals surface area (Å²) >= 11 is 7.55. The second-order valence-corrected chi connectivity index (χ2v) is 6.71. The Bertz CT molecular complexity index is 653. The molecule has 3 rings (SSSR count). The summed E-state index contributed by atoms with van der Waals surface area (Å²) in [6, 6.07) is 9.51. The highest BCUT2D eigenvalue weighted by Crippen LogP contribution is 2.27. The van der Waals surface area contributed by atoms with Crippen LogP contribution in [0, 0.1) is 0 Å². The summed E-state index contributed by atoms with van der Waals surface area (Å²) in [4.78, 5) is 14.8. The summed E-state index contributed by atoms with van der Waals surface area (Å²) in [6.07, 6.45) is 0.789. The average molecular weight is 308 g/mol.